The quantitative estimate of drug-likeness (QED) is 0.344. The summed E-state index contributed by atoms with van der Waals surface area (Å²) in [6, 6.07) is 8.96. The van der Waals surface area contributed by atoms with E-state index in [-0.39, 0.29) is 17.6 Å². The van der Waals surface area contributed by atoms with Crippen LogP contribution in [-0.2, 0) is 19.2 Å². The summed E-state index contributed by atoms with van der Waals surface area (Å²) in [4.78, 5) is 44.5. The zero-order valence-electron chi connectivity index (χ0n) is 18.6. The van der Waals surface area contributed by atoms with Crippen molar-refractivity contribution >= 4 is 29.1 Å². The number of hydrogen-bond donors (Lipinski definition) is 0. The highest BCUT2D eigenvalue weighted by molar-refractivity contribution is 6.32. The molecule has 1 aromatic carbocycles. The van der Waals surface area contributed by atoms with Crippen LogP contribution in [0, 0.1) is 0 Å². The van der Waals surface area contributed by atoms with E-state index in [1.807, 2.05) is 6.07 Å². The SMILES string of the molecule is CC(=O)C=CC(F)CC(F)(F)CF.CC(C)=O.CC1=C(C)C(=O)N(c2ccccc2)C1=O. The molecule has 0 aliphatic carbocycles. The molecule has 0 spiro atoms. The lowest BCUT2D eigenvalue weighted by Crippen LogP contribution is -2.31. The summed E-state index contributed by atoms with van der Waals surface area (Å²) in [6.45, 7) is 5.69. The summed E-state index contributed by atoms with van der Waals surface area (Å²) in [7, 11) is 0. The number of anilines is 1. The Kier molecular flexibility index (Phi) is 12.0. The number of nitrogens with zero attached hydrogens (tertiary/aromatic N) is 1. The van der Waals surface area contributed by atoms with Gasteiger partial charge in [0.25, 0.3) is 17.7 Å². The third-order valence-corrected chi connectivity index (χ3v) is 3.85. The van der Waals surface area contributed by atoms with Crippen molar-refractivity contribution in [1.82, 2.24) is 0 Å². The van der Waals surface area contributed by atoms with Crippen molar-refractivity contribution in [3.8, 4) is 0 Å². The molecular weight excluding hydrogens is 430 g/mol. The average Bonchev–Trinajstić information content (AvgIpc) is 2.90. The maximum atomic E-state index is 12.6. The maximum absolute atomic E-state index is 12.6. The lowest BCUT2D eigenvalue weighted by atomic mass is 10.1. The first-order valence-electron chi connectivity index (χ1n) is 9.58. The van der Waals surface area contributed by atoms with E-state index in [1.54, 1.807) is 38.1 Å². The smallest absolute Gasteiger partial charge is 0.279 e. The molecule has 5 nitrogen and oxygen atoms in total. The third-order valence-electron chi connectivity index (χ3n) is 3.85. The van der Waals surface area contributed by atoms with Crippen molar-refractivity contribution in [1.29, 1.82) is 0 Å². The van der Waals surface area contributed by atoms with E-state index in [0.29, 0.717) is 22.9 Å². The Morgan fingerprint density at radius 3 is 1.81 bits per heavy atom. The van der Waals surface area contributed by atoms with Gasteiger partial charge in [0.1, 0.15) is 12.0 Å². The second-order valence-corrected chi connectivity index (χ2v) is 7.12. The Bertz CT molecular complexity index is 851. The molecule has 2 amide bonds. The van der Waals surface area contributed by atoms with Gasteiger partial charge < -0.3 is 4.79 Å². The van der Waals surface area contributed by atoms with E-state index >= 15 is 0 Å². The van der Waals surface area contributed by atoms with Gasteiger partial charge in [0, 0.05) is 17.6 Å². The highest BCUT2D eigenvalue weighted by Gasteiger charge is 2.34. The van der Waals surface area contributed by atoms with Crippen LogP contribution in [0.25, 0.3) is 0 Å². The van der Waals surface area contributed by atoms with Crippen LogP contribution in [0.5, 0.6) is 0 Å². The predicted molar refractivity (Wildman–Crippen MR) is 114 cm³/mol. The van der Waals surface area contributed by atoms with Gasteiger partial charge in [-0.25, -0.2) is 22.5 Å². The molecule has 176 valence electrons. The number of hydrogen-bond acceptors (Lipinski definition) is 4. The lowest BCUT2D eigenvalue weighted by molar-refractivity contribution is -0.121. The third kappa shape index (κ3) is 10.3. The summed E-state index contributed by atoms with van der Waals surface area (Å²) in [5.74, 6) is -4.36. The van der Waals surface area contributed by atoms with E-state index in [9.17, 15) is 36.7 Å². The summed E-state index contributed by atoms with van der Waals surface area (Å²) >= 11 is 0. The number of carbonyl (C=O) groups excluding carboxylic acids is 4. The van der Waals surface area contributed by atoms with Gasteiger partial charge in [-0.15, -0.1) is 0 Å². The van der Waals surface area contributed by atoms with Crippen LogP contribution in [0.4, 0.5) is 23.2 Å². The molecule has 2 rings (SSSR count). The number of amides is 2. The monoisotopic (exact) mass is 457 g/mol. The number of benzene rings is 1. The van der Waals surface area contributed by atoms with Gasteiger partial charge in [-0.2, -0.15) is 0 Å². The number of ketones is 2. The molecule has 0 saturated carbocycles. The van der Waals surface area contributed by atoms with Crippen LogP contribution in [0.1, 0.15) is 41.0 Å². The van der Waals surface area contributed by atoms with Crippen molar-refractivity contribution < 1.29 is 36.7 Å². The Morgan fingerprint density at radius 1 is 1.00 bits per heavy atom. The fourth-order valence-electron chi connectivity index (χ4n) is 2.21. The van der Waals surface area contributed by atoms with Gasteiger partial charge in [-0.3, -0.25) is 14.4 Å². The van der Waals surface area contributed by atoms with Gasteiger partial charge in [-0.1, -0.05) is 18.2 Å². The number of rotatable bonds is 6. The van der Waals surface area contributed by atoms with Gasteiger partial charge in [-0.05, 0) is 58.9 Å². The lowest BCUT2D eigenvalue weighted by Gasteiger charge is -2.14. The first kappa shape index (κ1) is 28.9. The summed E-state index contributed by atoms with van der Waals surface area (Å²) in [5.41, 5.74) is 1.69. The molecule has 0 aromatic heterocycles. The molecule has 0 N–H and O–H groups in total. The van der Waals surface area contributed by atoms with Gasteiger partial charge in [0.05, 0.1) is 5.69 Å². The molecule has 1 unspecified atom stereocenters. The first-order valence-corrected chi connectivity index (χ1v) is 9.58. The zero-order chi connectivity index (χ0) is 25.1. The standard InChI is InChI=1S/C12H11NO2.C8H10F4O.C3H6O/c1-8-9(2)12(15)13(11(8)14)10-6-4-3-5-7-10;1-6(13)2-3-7(10)4-8(11,12)5-9;1-3(2)4/h3-7H,1-2H3;2-3,7H,4-5H2,1H3;1-2H3. The first-order chi connectivity index (χ1) is 14.7. The number of imide groups is 1. The van der Waals surface area contributed by atoms with Crippen LogP contribution in [0.15, 0.2) is 53.6 Å². The summed E-state index contributed by atoms with van der Waals surface area (Å²) < 4.78 is 48.5. The topological polar surface area (TPSA) is 71.5 Å². The highest BCUT2D eigenvalue weighted by Crippen LogP contribution is 2.26. The number of alkyl halides is 4. The molecule has 1 aromatic rings. The molecule has 1 atom stereocenters. The largest absolute Gasteiger partial charge is 0.300 e. The number of halogens is 4. The van der Waals surface area contributed by atoms with Crippen LogP contribution < -0.4 is 4.90 Å². The number of para-hydroxylation sites is 1. The number of Topliss-reactive ketones (excluding diaryl/α,β-unsaturated/α-hetero) is 1. The number of allylic oxidation sites excluding steroid dienone is 2. The van der Waals surface area contributed by atoms with E-state index in [4.69, 9.17) is 0 Å². The van der Waals surface area contributed by atoms with Crippen molar-refractivity contribution in [2.45, 2.75) is 53.1 Å². The highest BCUT2D eigenvalue weighted by atomic mass is 19.3. The molecule has 9 heteroatoms. The van der Waals surface area contributed by atoms with Crippen molar-refractivity contribution in [3.63, 3.8) is 0 Å². The Morgan fingerprint density at radius 2 is 1.44 bits per heavy atom. The predicted octanol–water partition coefficient (Wildman–Crippen LogP) is 4.96. The van der Waals surface area contributed by atoms with Crippen molar-refractivity contribution in [2.24, 2.45) is 0 Å². The van der Waals surface area contributed by atoms with Crippen LogP contribution in [0.3, 0.4) is 0 Å². The van der Waals surface area contributed by atoms with Crippen molar-refractivity contribution in [2.75, 3.05) is 11.6 Å². The van der Waals surface area contributed by atoms with Gasteiger partial charge >= 0.3 is 0 Å². The molecular formula is C23H27F4NO4. The van der Waals surface area contributed by atoms with E-state index in [2.05, 4.69) is 0 Å². The molecule has 0 saturated heterocycles. The van der Waals surface area contributed by atoms with E-state index in [0.717, 1.165) is 13.0 Å². The molecule has 0 bridgehead atoms. The minimum absolute atomic E-state index is 0.167. The molecule has 1 aliphatic rings. The van der Waals surface area contributed by atoms with Gasteiger partial charge in [0.2, 0.25) is 0 Å². The molecule has 1 aliphatic heterocycles. The Labute approximate surface area is 184 Å². The second kappa shape index (κ2) is 13.3. The molecule has 0 radical (unpaired) electrons. The molecule has 0 fully saturated rings. The fourth-order valence-corrected chi connectivity index (χ4v) is 2.21. The molecule has 32 heavy (non-hydrogen) atoms. The minimum Gasteiger partial charge on any atom is -0.300 e. The Balaban J connectivity index is 0.000000521. The summed E-state index contributed by atoms with van der Waals surface area (Å²) in [6.07, 6.45) is -1.67. The average molecular weight is 457 g/mol. The maximum Gasteiger partial charge on any atom is 0.279 e. The normalized spacial score (nSPS) is 14.6. The van der Waals surface area contributed by atoms with E-state index in [1.165, 1.54) is 18.7 Å². The molecule has 1 heterocycles. The van der Waals surface area contributed by atoms with Crippen LogP contribution >= 0.6 is 0 Å². The summed E-state index contributed by atoms with van der Waals surface area (Å²) in [5, 5.41) is 0. The fraction of sp³-hybridized carbons (Fsp3) is 0.391. The van der Waals surface area contributed by atoms with E-state index < -0.39 is 31.0 Å². The van der Waals surface area contributed by atoms with Crippen LogP contribution in [-0.4, -0.2) is 42.1 Å². The zero-order valence-corrected chi connectivity index (χ0v) is 18.6. The van der Waals surface area contributed by atoms with Crippen LogP contribution in [0.2, 0.25) is 0 Å². The van der Waals surface area contributed by atoms with Crippen molar-refractivity contribution in [3.05, 3.63) is 53.6 Å². The van der Waals surface area contributed by atoms with Gasteiger partial charge in [0.15, 0.2) is 12.5 Å². The second-order valence-electron chi connectivity index (χ2n) is 7.12. The number of carbonyl (C=O) groups is 4. The Hall–Kier alpha value is -3.10. The minimum atomic E-state index is -3.65.